The first-order chi connectivity index (χ1) is 10.2. The number of amides is 1. The molecule has 106 valence electrons. The van der Waals surface area contributed by atoms with E-state index in [1.165, 1.54) is 6.92 Å². The van der Waals surface area contributed by atoms with E-state index < -0.39 is 5.91 Å². The van der Waals surface area contributed by atoms with E-state index in [2.05, 4.69) is 15.5 Å². The summed E-state index contributed by atoms with van der Waals surface area (Å²) in [5.74, 6) is -0.705. The predicted molar refractivity (Wildman–Crippen MR) is 81.4 cm³/mol. The highest BCUT2D eigenvalue weighted by molar-refractivity contribution is 6.03. The summed E-state index contributed by atoms with van der Waals surface area (Å²) in [6.45, 7) is 1.39. The maximum atomic E-state index is 12.1. The van der Waals surface area contributed by atoms with Crippen LogP contribution in [0, 0.1) is 0 Å². The highest BCUT2D eigenvalue weighted by Gasteiger charge is 2.13. The number of aliphatic hydroxyl groups is 1. The smallest absolute Gasteiger partial charge is 0.279 e. The van der Waals surface area contributed by atoms with Crippen LogP contribution in [0.15, 0.2) is 82.3 Å². The number of benzene rings is 2. The van der Waals surface area contributed by atoms with E-state index in [1.807, 2.05) is 24.3 Å². The van der Waals surface area contributed by atoms with Gasteiger partial charge in [0.15, 0.2) is 5.70 Å². The molecule has 0 fully saturated rings. The molecule has 0 spiro atoms. The fraction of sp³-hybridized carbons (Fsp3) is 0.0625. The van der Waals surface area contributed by atoms with Crippen molar-refractivity contribution in [1.82, 2.24) is 0 Å². The molecule has 0 aliphatic heterocycles. The summed E-state index contributed by atoms with van der Waals surface area (Å²) in [6.07, 6.45) is 0. The molecular weight excluding hydrogens is 266 g/mol. The number of nitrogens with one attached hydrogen (secondary N) is 1. The normalized spacial score (nSPS) is 12.0. The summed E-state index contributed by atoms with van der Waals surface area (Å²) in [7, 11) is 0. The number of hydrogen-bond acceptors (Lipinski definition) is 4. The molecule has 0 aliphatic rings. The number of aliphatic hydroxyl groups excluding tert-OH is 1. The van der Waals surface area contributed by atoms with Crippen LogP contribution in [-0.4, -0.2) is 11.0 Å². The van der Waals surface area contributed by atoms with E-state index in [4.69, 9.17) is 0 Å². The second kappa shape index (κ2) is 7.00. The van der Waals surface area contributed by atoms with Gasteiger partial charge in [-0.2, -0.15) is 5.11 Å². The number of allylic oxidation sites excluding steroid dienone is 1. The molecule has 2 aromatic rings. The summed E-state index contributed by atoms with van der Waals surface area (Å²) >= 11 is 0. The Kier molecular flexibility index (Phi) is 4.82. The lowest BCUT2D eigenvalue weighted by Gasteiger charge is -2.05. The van der Waals surface area contributed by atoms with E-state index >= 15 is 0 Å². The Morgan fingerprint density at radius 1 is 1.00 bits per heavy atom. The minimum Gasteiger partial charge on any atom is -0.510 e. The van der Waals surface area contributed by atoms with Crippen molar-refractivity contribution in [2.24, 2.45) is 10.2 Å². The fourth-order valence-electron chi connectivity index (χ4n) is 1.60. The number of para-hydroxylation sites is 1. The molecule has 5 nitrogen and oxygen atoms in total. The van der Waals surface area contributed by atoms with Crippen molar-refractivity contribution in [3.05, 3.63) is 72.1 Å². The van der Waals surface area contributed by atoms with Crippen molar-refractivity contribution < 1.29 is 9.90 Å². The molecule has 1 amide bonds. The zero-order valence-corrected chi connectivity index (χ0v) is 11.5. The van der Waals surface area contributed by atoms with Gasteiger partial charge in [0, 0.05) is 5.69 Å². The van der Waals surface area contributed by atoms with Crippen molar-refractivity contribution in [3.63, 3.8) is 0 Å². The summed E-state index contributed by atoms with van der Waals surface area (Å²) in [6, 6.07) is 17.9. The van der Waals surface area contributed by atoms with Crippen LogP contribution in [0.1, 0.15) is 6.92 Å². The predicted octanol–water partition coefficient (Wildman–Crippen LogP) is 4.20. The van der Waals surface area contributed by atoms with Crippen molar-refractivity contribution in [1.29, 1.82) is 0 Å². The van der Waals surface area contributed by atoms with Gasteiger partial charge >= 0.3 is 0 Å². The van der Waals surface area contributed by atoms with Crippen molar-refractivity contribution >= 4 is 17.3 Å². The average molecular weight is 281 g/mol. The van der Waals surface area contributed by atoms with Gasteiger partial charge in [-0.15, -0.1) is 5.11 Å². The van der Waals surface area contributed by atoms with Gasteiger partial charge in [-0.3, -0.25) is 4.79 Å². The van der Waals surface area contributed by atoms with Gasteiger partial charge in [-0.1, -0.05) is 36.4 Å². The Bertz CT molecular complexity index is 660. The molecule has 0 heterocycles. The van der Waals surface area contributed by atoms with E-state index in [0.29, 0.717) is 11.4 Å². The standard InChI is InChI=1S/C16H15N3O2/c1-12(20)15(19-18-14-10-6-3-7-11-14)16(21)17-13-8-4-2-5-9-13/h2-11,20H,1H3,(H,17,21)/b15-12+,19-18+. The molecule has 5 heteroatoms. The fourth-order valence-corrected chi connectivity index (χ4v) is 1.60. The lowest BCUT2D eigenvalue weighted by atomic mass is 10.3. The molecular formula is C16H15N3O2. The van der Waals surface area contributed by atoms with Crippen LogP contribution in [0.2, 0.25) is 0 Å². The summed E-state index contributed by atoms with van der Waals surface area (Å²) in [5.41, 5.74) is 1.10. The van der Waals surface area contributed by atoms with Crippen LogP contribution in [0.4, 0.5) is 11.4 Å². The molecule has 2 N–H and O–H groups in total. The Hall–Kier alpha value is -2.95. The molecule has 2 aromatic carbocycles. The van der Waals surface area contributed by atoms with Gasteiger partial charge in [0.1, 0.15) is 5.76 Å². The van der Waals surface area contributed by atoms with Gasteiger partial charge in [-0.05, 0) is 31.2 Å². The van der Waals surface area contributed by atoms with Crippen LogP contribution in [0.3, 0.4) is 0 Å². The number of hydrogen-bond donors (Lipinski definition) is 2. The third kappa shape index (κ3) is 4.28. The molecule has 2 rings (SSSR count). The van der Waals surface area contributed by atoms with E-state index in [9.17, 15) is 9.90 Å². The molecule has 0 bridgehead atoms. The zero-order valence-electron chi connectivity index (χ0n) is 11.5. The van der Waals surface area contributed by atoms with Gasteiger partial charge in [0.25, 0.3) is 5.91 Å². The second-order valence-electron chi connectivity index (χ2n) is 4.29. The van der Waals surface area contributed by atoms with Crippen molar-refractivity contribution in [2.75, 3.05) is 5.32 Å². The molecule has 0 aliphatic carbocycles. The molecule has 0 radical (unpaired) electrons. The molecule has 0 atom stereocenters. The number of azo groups is 1. The minimum absolute atomic E-state index is 0.122. The van der Waals surface area contributed by atoms with E-state index in [-0.39, 0.29) is 11.5 Å². The maximum absolute atomic E-state index is 12.1. The number of carbonyl (C=O) groups is 1. The van der Waals surface area contributed by atoms with Crippen molar-refractivity contribution in [3.8, 4) is 0 Å². The Labute approximate surface area is 122 Å². The highest BCUT2D eigenvalue weighted by Crippen LogP contribution is 2.15. The highest BCUT2D eigenvalue weighted by atomic mass is 16.3. The lowest BCUT2D eigenvalue weighted by Crippen LogP contribution is -2.14. The average Bonchev–Trinajstić information content (AvgIpc) is 2.49. The number of nitrogens with zero attached hydrogens (tertiary/aromatic N) is 2. The van der Waals surface area contributed by atoms with Crippen LogP contribution in [0.5, 0.6) is 0 Å². The summed E-state index contributed by atoms with van der Waals surface area (Å²) < 4.78 is 0. The quantitative estimate of drug-likeness (QED) is 0.500. The molecule has 21 heavy (non-hydrogen) atoms. The summed E-state index contributed by atoms with van der Waals surface area (Å²) in [5, 5.41) is 20.0. The third-order valence-corrected chi connectivity index (χ3v) is 2.61. The third-order valence-electron chi connectivity index (χ3n) is 2.61. The Balaban J connectivity index is 2.15. The number of anilines is 1. The Morgan fingerprint density at radius 2 is 1.57 bits per heavy atom. The van der Waals surface area contributed by atoms with Gasteiger partial charge in [0.05, 0.1) is 5.69 Å². The SMILES string of the molecule is C/C(O)=C(\N=N\c1ccccc1)C(=O)Nc1ccccc1. The van der Waals surface area contributed by atoms with Crippen LogP contribution >= 0.6 is 0 Å². The number of carbonyl (C=O) groups excluding carboxylic acids is 1. The molecule has 0 unspecified atom stereocenters. The molecule has 0 aromatic heterocycles. The van der Waals surface area contributed by atoms with Crippen LogP contribution in [0.25, 0.3) is 0 Å². The van der Waals surface area contributed by atoms with Gasteiger partial charge < -0.3 is 10.4 Å². The zero-order chi connectivity index (χ0) is 15.1. The topological polar surface area (TPSA) is 74.0 Å². The molecule has 0 saturated carbocycles. The molecule has 0 saturated heterocycles. The maximum Gasteiger partial charge on any atom is 0.279 e. The monoisotopic (exact) mass is 281 g/mol. The minimum atomic E-state index is -0.513. The first-order valence-electron chi connectivity index (χ1n) is 6.40. The van der Waals surface area contributed by atoms with E-state index in [1.54, 1.807) is 36.4 Å². The summed E-state index contributed by atoms with van der Waals surface area (Å²) in [4.78, 5) is 12.1. The second-order valence-corrected chi connectivity index (χ2v) is 4.29. The first kappa shape index (κ1) is 14.5. The van der Waals surface area contributed by atoms with Gasteiger partial charge in [0.2, 0.25) is 0 Å². The van der Waals surface area contributed by atoms with E-state index in [0.717, 1.165) is 0 Å². The van der Waals surface area contributed by atoms with Crippen LogP contribution in [-0.2, 0) is 4.79 Å². The van der Waals surface area contributed by atoms with Crippen LogP contribution < -0.4 is 5.32 Å². The Morgan fingerprint density at radius 3 is 2.14 bits per heavy atom. The van der Waals surface area contributed by atoms with Gasteiger partial charge in [-0.25, -0.2) is 0 Å². The van der Waals surface area contributed by atoms with Crippen molar-refractivity contribution in [2.45, 2.75) is 6.92 Å². The largest absolute Gasteiger partial charge is 0.510 e. The first-order valence-corrected chi connectivity index (χ1v) is 6.40. The lowest BCUT2D eigenvalue weighted by molar-refractivity contribution is -0.113. The number of rotatable bonds is 4.